The number of ketones is 2. The van der Waals surface area contributed by atoms with Crippen LogP contribution in [0.2, 0.25) is 0 Å². The Labute approximate surface area is 263 Å². The number of nitrogens with zero attached hydrogens (tertiary/aromatic N) is 1. The molecule has 1 unspecified atom stereocenters. The Morgan fingerprint density at radius 2 is 1.53 bits per heavy atom. The van der Waals surface area contributed by atoms with Gasteiger partial charge in [0.2, 0.25) is 0 Å². The van der Waals surface area contributed by atoms with Crippen LogP contribution in [-0.2, 0) is 51.3 Å². The van der Waals surface area contributed by atoms with Gasteiger partial charge in [-0.05, 0) is 30.9 Å². The molecule has 11 heteroatoms. The smallest absolute Gasteiger partial charge is 0.419 e. The maximum Gasteiger partial charge on any atom is 0.419 e. The third-order valence-corrected chi connectivity index (χ3v) is 7.14. The molecule has 3 rings (SSSR count). The van der Waals surface area contributed by atoms with Crippen molar-refractivity contribution in [2.24, 2.45) is 0 Å². The Balaban J connectivity index is 1.47. The average molecular weight is 624 g/mol. The number of hydrogen-bond acceptors (Lipinski definition) is 10. The summed E-state index contributed by atoms with van der Waals surface area (Å²) in [6.07, 6.45) is 0.379. The highest BCUT2D eigenvalue weighted by Gasteiger charge is 2.40. The molecule has 11 nitrogen and oxygen atoms in total. The molecule has 2 aromatic carbocycles. The van der Waals surface area contributed by atoms with Crippen molar-refractivity contribution >= 4 is 29.5 Å². The zero-order chi connectivity index (χ0) is 32.6. The second kappa shape index (κ2) is 18.6. The number of Topliss-reactive ketones (excluding diaryl/α,β-unsaturated/α-hetero) is 2. The molecule has 45 heavy (non-hydrogen) atoms. The molecule has 1 fully saturated rings. The zero-order valence-corrected chi connectivity index (χ0v) is 25.8. The van der Waals surface area contributed by atoms with Crippen LogP contribution < -0.4 is 0 Å². The van der Waals surface area contributed by atoms with E-state index < -0.39 is 35.7 Å². The van der Waals surface area contributed by atoms with Crippen molar-refractivity contribution in [3.8, 4) is 0 Å². The lowest BCUT2D eigenvalue weighted by atomic mass is 10.0. The summed E-state index contributed by atoms with van der Waals surface area (Å²) in [5, 5.41) is 9.60. The third kappa shape index (κ3) is 11.7. The van der Waals surface area contributed by atoms with Crippen molar-refractivity contribution in [2.75, 3.05) is 13.2 Å². The molecule has 1 saturated heterocycles. The number of ether oxygens (including phenoxy) is 4. The predicted molar refractivity (Wildman–Crippen MR) is 162 cm³/mol. The minimum absolute atomic E-state index is 0.0890. The van der Waals surface area contributed by atoms with Crippen molar-refractivity contribution in [3.63, 3.8) is 0 Å². The van der Waals surface area contributed by atoms with E-state index in [2.05, 4.69) is 0 Å². The number of esters is 1. The molecule has 0 spiro atoms. The maximum absolute atomic E-state index is 13.3. The fourth-order valence-corrected chi connectivity index (χ4v) is 4.65. The summed E-state index contributed by atoms with van der Waals surface area (Å²) in [5.74, 6) is -3.11. The summed E-state index contributed by atoms with van der Waals surface area (Å²) in [4.78, 5) is 63.7. The molecule has 0 aromatic heterocycles. The van der Waals surface area contributed by atoms with Gasteiger partial charge >= 0.3 is 12.1 Å². The summed E-state index contributed by atoms with van der Waals surface area (Å²) in [6, 6.07) is 18.8. The molecule has 0 saturated carbocycles. The molecule has 0 bridgehead atoms. The van der Waals surface area contributed by atoms with Crippen molar-refractivity contribution < 1.29 is 48.0 Å². The molecule has 1 aliphatic rings. The Morgan fingerprint density at radius 1 is 0.889 bits per heavy atom. The van der Waals surface area contributed by atoms with Crippen molar-refractivity contribution in [1.29, 1.82) is 0 Å². The number of imide groups is 1. The largest absolute Gasteiger partial charge is 0.444 e. The number of aliphatic hydroxyl groups excluding tert-OH is 1. The quantitative estimate of drug-likeness (QED) is 0.100. The first-order valence-electron chi connectivity index (χ1n) is 15.1. The third-order valence-electron chi connectivity index (χ3n) is 7.14. The monoisotopic (exact) mass is 623 g/mol. The maximum atomic E-state index is 13.3. The Morgan fingerprint density at radius 3 is 2.16 bits per heavy atom. The number of cyclic esters (lactones) is 1. The Hall–Kier alpha value is -4.19. The van der Waals surface area contributed by atoms with E-state index in [1.807, 2.05) is 60.7 Å². The van der Waals surface area contributed by atoms with Crippen LogP contribution in [0.5, 0.6) is 0 Å². The second-order valence-corrected chi connectivity index (χ2v) is 10.7. The summed E-state index contributed by atoms with van der Waals surface area (Å²) in [7, 11) is 0. The van der Waals surface area contributed by atoms with Gasteiger partial charge in [0.1, 0.15) is 12.4 Å². The molecular weight excluding hydrogens is 582 g/mol. The highest BCUT2D eigenvalue weighted by molar-refractivity contribution is 6.09. The molecule has 2 atom stereocenters. The Kier molecular flexibility index (Phi) is 14.6. The number of hydrogen-bond donors (Lipinski definition) is 1. The van der Waals surface area contributed by atoms with Crippen LogP contribution in [0.1, 0.15) is 69.9 Å². The van der Waals surface area contributed by atoms with E-state index in [0.29, 0.717) is 19.4 Å². The van der Waals surface area contributed by atoms with Crippen LogP contribution in [0.15, 0.2) is 72.0 Å². The lowest BCUT2D eigenvalue weighted by Crippen LogP contribution is -2.41. The number of unbranched alkanes of at least 4 members (excludes halogenated alkanes) is 2. The average Bonchev–Trinajstić information content (AvgIpc) is 3.42. The van der Waals surface area contributed by atoms with Crippen molar-refractivity contribution in [2.45, 2.75) is 84.3 Å². The number of aliphatic hydroxyl groups is 1. The first-order valence-corrected chi connectivity index (χ1v) is 15.1. The highest BCUT2D eigenvalue weighted by atomic mass is 16.6. The number of benzene rings is 2. The van der Waals surface area contributed by atoms with Gasteiger partial charge in [-0.25, -0.2) is 9.69 Å². The van der Waals surface area contributed by atoms with Gasteiger partial charge in [0, 0.05) is 26.2 Å². The van der Waals surface area contributed by atoms with Crippen LogP contribution in [0, 0.1) is 0 Å². The fraction of sp³-hybridized carbons (Fsp3) is 0.441. The van der Waals surface area contributed by atoms with Crippen molar-refractivity contribution in [1.82, 2.24) is 4.90 Å². The molecule has 1 heterocycles. The normalized spacial score (nSPS) is 15.7. The highest BCUT2D eigenvalue weighted by Crippen LogP contribution is 2.22. The van der Waals surface area contributed by atoms with Crippen LogP contribution >= 0.6 is 0 Å². The van der Waals surface area contributed by atoms with E-state index in [0.717, 1.165) is 35.8 Å². The van der Waals surface area contributed by atoms with Gasteiger partial charge < -0.3 is 24.1 Å². The molecule has 1 N–H and O–H groups in total. The van der Waals surface area contributed by atoms with Crippen LogP contribution in [0.4, 0.5) is 4.79 Å². The zero-order valence-electron chi connectivity index (χ0n) is 25.8. The van der Waals surface area contributed by atoms with Crippen LogP contribution in [0.3, 0.4) is 0 Å². The van der Waals surface area contributed by atoms with Gasteiger partial charge in [-0.1, -0.05) is 73.5 Å². The number of carbonyl (C=O) groups excluding carboxylic acids is 5. The van der Waals surface area contributed by atoms with E-state index in [9.17, 15) is 29.1 Å². The minimum atomic E-state index is -1.04. The molecule has 2 amide bonds. The van der Waals surface area contributed by atoms with Gasteiger partial charge in [0.25, 0.3) is 5.91 Å². The van der Waals surface area contributed by atoms with Gasteiger partial charge in [0.15, 0.2) is 17.8 Å². The number of allylic oxidation sites excluding steroid dienone is 1. The van der Waals surface area contributed by atoms with E-state index >= 15 is 0 Å². The van der Waals surface area contributed by atoms with Gasteiger partial charge in [0.05, 0.1) is 31.5 Å². The number of amides is 2. The van der Waals surface area contributed by atoms with E-state index in [1.54, 1.807) is 0 Å². The molecule has 242 valence electrons. The van der Waals surface area contributed by atoms with Gasteiger partial charge in [-0.2, -0.15) is 0 Å². The van der Waals surface area contributed by atoms with Gasteiger partial charge in [-0.15, -0.1) is 0 Å². The van der Waals surface area contributed by atoms with E-state index in [-0.39, 0.29) is 56.5 Å². The molecule has 2 aromatic rings. The summed E-state index contributed by atoms with van der Waals surface area (Å²) < 4.78 is 21.6. The molecule has 0 aliphatic carbocycles. The van der Waals surface area contributed by atoms with Crippen molar-refractivity contribution in [3.05, 3.63) is 83.1 Å². The summed E-state index contributed by atoms with van der Waals surface area (Å²) >= 11 is 0. The fourth-order valence-electron chi connectivity index (χ4n) is 4.65. The lowest BCUT2D eigenvalue weighted by molar-refractivity contribution is -0.141. The first-order chi connectivity index (χ1) is 21.7. The summed E-state index contributed by atoms with van der Waals surface area (Å²) in [6.45, 7) is 2.59. The molecule has 1 aliphatic heterocycles. The van der Waals surface area contributed by atoms with Gasteiger partial charge in [-0.3, -0.25) is 19.2 Å². The lowest BCUT2D eigenvalue weighted by Gasteiger charge is -2.21. The minimum Gasteiger partial charge on any atom is -0.444 e. The van der Waals surface area contributed by atoms with E-state index in [1.165, 1.54) is 6.92 Å². The van der Waals surface area contributed by atoms with E-state index in [4.69, 9.17) is 18.9 Å². The number of carbonyl (C=O) groups is 5. The molecule has 0 radical (unpaired) electrons. The topological polar surface area (TPSA) is 146 Å². The second-order valence-electron chi connectivity index (χ2n) is 10.7. The predicted octanol–water partition coefficient (Wildman–Crippen LogP) is 4.79. The van der Waals surface area contributed by atoms with Crippen LogP contribution in [-0.4, -0.2) is 65.1 Å². The Bertz CT molecular complexity index is 1330. The SMILES string of the molecule is CC(=O)OC(C(=O)CCC(=O)CCCCC[C@@H](CO)OCc1ccccc1)=C(C)C(=O)N1C(=O)OCC1OCc1ccccc1. The summed E-state index contributed by atoms with van der Waals surface area (Å²) in [5.41, 5.74) is 1.57. The van der Waals surface area contributed by atoms with Crippen LogP contribution in [0.25, 0.3) is 0 Å². The number of rotatable bonds is 19. The first kappa shape index (κ1) is 35.3. The molecular formula is C34H41NO10. The standard InChI is InChI=1S/C34H41NO10/c1-24(33(40)35-31(23-44-34(35)41)43-22-27-14-8-4-9-15-27)32(45-25(2)37)30(39)19-18-28(38)16-10-5-11-17-29(20-36)42-21-26-12-6-3-7-13-26/h3-4,6-9,12-15,29,31,36H,5,10-11,16-23H2,1-2H3/t29-,31?/m0/s1.